The molecule has 0 unspecified atom stereocenters. The third-order valence-corrected chi connectivity index (χ3v) is 3.96. The first kappa shape index (κ1) is 20.7. The molecule has 0 aromatic rings. The Morgan fingerprint density at radius 3 is 2.62 bits per heavy atom. The van der Waals surface area contributed by atoms with E-state index in [-0.39, 0.29) is 18.6 Å². The Kier molecular flexibility index (Phi) is 11.2. The van der Waals surface area contributed by atoms with Gasteiger partial charge in [-0.2, -0.15) is 0 Å². The van der Waals surface area contributed by atoms with E-state index in [0.29, 0.717) is 12.8 Å². The summed E-state index contributed by atoms with van der Waals surface area (Å²) in [7, 11) is 0. The molecule has 136 valence electrons. The van der Waals surface area contributed by atoms with Crippen LogP contribution in [0.15, 0.2) is 36.5 Å². The number of carbonyl (C=O) groups is 1. The molecule has 1 fully saturated rings. The summed E-state index contributed by atoms with van der Waals surface area (Å²) in [4.78, 5) is 10.4. The molecule has 4 nitrogen and oxygen atoms in total. The van der Waals surface area contributed by atoms with Crippen LogP contribution in [0.5, 0.6) is 0 Å². The number of aliphatic hydroxyl groups excluding tert-OH is 1. The lowest BCUT2D eigenvalue weighted by Gasteiger charge is -1.99. The summed E-state index contributed by atoms with van der Waals surface area (Å²) < 4.78 is 5.55. The summed E-state index contributed by atoms with van der Waals surface area (Å²) >= 11 is 0. The molecule has 0 radical (unpaired) electrons. The maximum Gasteiger partial charge on any atom is 0.303 e. The van der Waals surface area contributed by atoms with E-state index < -0.39 is 12.1 Å². The minimum absolute atomic E-state index is 0.138. The van der Waals surface area contributed by atoms with Gasteiger partial charge in [0.1, 0.15) is 6.10 Å². The molecule has 0 spiro atoms. The summed E-state index contributed by atoms with van der Waals surface area (Å²) in [6.45, 7) is 2.21. The highest BCUT2D eigenvalue weighted by molar-refractivity contribution is 5.66. The molecular weight excluding hydrogens is 304 g/mol. The summed E-state index contributed by atoms with van der Waals surface area (Å²) in [6, 6.07) is 0. The number of rotatable bonds is 14. The minimum Gasteiger partial charge on any atom is -0.481 e. The Morgan fingerprint density at radius 2 is 1.88 bits per heavy atom. The highest BCUT2D eigenvalue weighted by Gasteiger charge is 2.34. The molecule has 4 heteroatoms. The van der Waals surface area contributed by atoms with E-state index in [2.05, 4.69) is 19.1 Å². The summed E-state index contributed by atoms with van der Waals surface area (Å²) in [5.41, 5.74) is 0. The van der Waals surface area contributed by atoms with Gasteiger partial charge in [-0.3, -0.25) is 4.79 Å². The van der Waals surface area contributed by atoms with Crippen LogP contribution in [0.25, 0.3) is 0 Å². The molecular formula is C20H32O4. The van der Waals surface area contributed by atoms with Gasteiger partial charge in [-0.1, -0.05) is 56.2 Å². The van der Waals surface area contributed by atoms with Gasteiger partial charge in [0.25, 0.3) is 0 Å². The van der Waals surface area contributed by atoms with Crippen molar-refractivity contribution in [3.63, 3.8) is 0 Å². The van der Waals surface area contributed by atoms with Gasteiger partial charge in [0.2, 0.25) is 0 Å². The van der Waals surface area contributed by atoms with Gasteiger partial charge < -0.3 is 14.9 Å². The molecule has 1 aliphatic heterocycles. The molecule has 24 heavy (non-hydrogen) atoms. The third kappa shape index (κ3) is 11.2. The van der Waals surface area contributed by atoms with Crippen LogP contribution in [-0.4, -0.2) is 34.5 Å². The Morgan fingerprint density at radius 1 is 1.12 bits per heavy atom. The average molecular weight is 336 g/mol. The van der Waals surface area contributed by atoms with E-state index in [1.54, 1.807) is 6.08 Å². The van der Waals surface area contributed by atoms with Crippen molar-refractivity contribution in [3.05, 3.63) is 36.5 Å². The van der Waals surface area contributed by atoms with Crippen molar-refractivity contribution in [3.8, 4) is 0 Å². The van der Waals surface area contributed by atoms with Gasteiger partial charge in [0, 0.05) is 6.42 Å². The molecule has 1 aliphatic rings. The Hall–Kier alpha value is -1.39. The number of hydrogen-bond donors (Lipinski definition) is 2. The fraction of sp³-hybridized carbons (Fsp3) is 0.650. The van der Waals surface area contributed by atoms with Crippen molar-refractivity contribution in [2.75, 3.05) is 0 Å². The lowest BCUT2D eigenvalue weighted by Crippen LogP contribution is -2.00. The van der Waals surface area contributed by atoms with Crippen molar-refractivity contribution in [2.24, 2.45) is 0 Å². The Labute approximate surface area is 145 Å². The van der Waals surface area contributed by atoms with Crippen molar-refractivity contribution in [1.29, 1.82) is 0 Å². The highest BCUT2D eigenvalue weighted by atomic mass is 16.6. The van der Waals surface area contributed by atoms with Crippen molar-refractivity contribution < 1.29 is 19.7 Å². The zero-order valence-corrected chi connectivity index (χ0v) is 14.8. The van der Waals surface area contributed by atoms with Crippen molar-refractivity contribution >= 4 is 5.97 Å². The summed E-state index contributed by atoms with van der Waals surface area (Å²) in [5, 5.41) is 18.4. The van der Waals surface area contributed by atoms with Gasteiger partial charge in [-0.15, -0.1) is 0 Å². The molecule has 1 heterocycles. The van der Waals surface area contributed by atoms with Crippen LogP contribution < -0.4 is 0 Å². The molecule has 0 amide bonds. The molecule has 0 saturated carbocycles. The van der Waals surface area contributed by atoms with Gasteiger partial charge in [-0.25, -0.2) is 0 Å². The lowest BCUT2D eigenvalue weighted by atomic mass is 10.1. The van der Waals surface area contributed by atoms with Gasteiger partial charge in [0.05, 0.1) is 12.2 Å². The number of hydrogen-bond acceptors (Lipinski definition) is 3. The van der Waals surface area contributed by atoms with E-state index in [1.807, 2.05) is 18.2 Å². The van der Waals surface area contributed by atoms with Crippen LogP contribution in [0, 0.1) is 0 Å². The smallest absolute Gasteiger partial charge is 0.303 e. The SMILES string of the molecule is CCCCCC=CC[C@H]1O[C@@H]1C=C[C@H](O)CC=CCCCC(=O)O. The molecule has 1 rings (SSSR count). The first-order valence-electron chi connectivity index (χ1n) is 9.17. The number of allylic oxidation sites excluding steroid dienone is 2. The minimum atomic E-state index is -0.763. The molecule has 3 atom stereocenters. The highest BCUT2D eigenvalue weighted by Crippen LogP contribution is 2.27. The monoisotopic (exact) mass is 336 g/mol. The normalized spacial score (nSPS) is 21.9. The fourth-order valence-electron chi connectivity index (χ4n) is 2.42. The van der Waals surface area contributed by atoms with Crippen LogP contribution in [0.1, 0.15) is 64.7 Å². The first-order valence-corrected chi connectivity index (χ1v) is 9.17. The zero-order chi connectivity index (χ0) is 17.6. The van der Waals surface area contributed by atoms with Crippen molar-refractivity contribution in [2.45, 2.75) is 83.0 Å². The second-order valence-corrected chi connectivity index (χ2v) is 6.29. The van der Waals surface area contributed by atoms with Crippen molar-refractivity contribution in [1.82, 2.24) is 0 Å². The summed E-state index contributed by atoms with van der Waals surface area (Å²) in [6.07, 6.45) is 19.9. The fourth-order valence-corrected chi connectivity index (χ4v) is 2.42. The van der Waals surface area contributed by atoms with Gasteiger partial charge in [0.15, 0.2) is 0 Å². The quantitative estimate of drug-likeness (QED) is 0.280. The third-order valence-electron chi connectivity index (χ3n) is 3.96. The Bertz CT molecular complexity index is 425. The molecule has 2 N–H and O–H groups in total. The number of ether oxygens (including phenoxy) is 1. The van der Waals surface area contributed by atoms with Crippen LogP contribution in [0.3, 0.4) is 0 Å². The predicted octanol–water partition coefficient (Wildman–Crippen LogP) is 4.40. The maximum absolute atomic E-state index is 10.4. The number of aliphatic hydroxyl groups is 1. The lowest BCUT2D eigenvalue weighted by molar-refractivity contribution is -0.137. The van der Waals surface area contributed by atoms with E-state index in [0.717, 1.165) is 19.3 Å². The predicted molar refractivity (Wildman–Crippen MR) is 97.0 cm³/mol. The van der Waals surface area contributed by atoms with Crippen LogP contribution in [0.2, 0.25) is 0 Å². The molecule has 0 aromatic carbocycles. The Balaban J connectivity index is 2.04. The number of carboxylic acids is 1. The second kappa shape index (κ2) is 13.0. The topological polar surface area (TPSA) is 70.1 Å². The van der Waals surface area contributed by atoms with Crippen LogP contribution >= 0.6 is 0 Å². The maximum atomic E-state index is 10.4. The number of unbranched alkanes of at least 4 members (excludes halogenated alkanes) is 4. The largest absolute Gasteiger partial charge is 0.481 e. The number of aliphatic carboxylic acids is 1. The van der Waals surface area contributed by atoms with Gasteiger partial charge >= 0.3 is 5.97 Å². The summed E-state index contributed by atoms with van der Waals surface area (Å²) in [5.74, 6) is -0.763. The molecule has 0 aliphatic carbocycles. The molecule has 0 aromatic heterocycles. The standard InChI is InChI=1S/C20H32O4/c1-2-3-4-5-6-10-13-18-19(24-18)16-15-17(21)12-9-7-8-11-14-20(22)23/h6-7,9-10,15-19,21H,2-5,8,11-14H2,1H3,(H,22,23)/t17-,18-,19-/m1/s1. The molecule has 1 saturated heterocycles. The number of carboxylic acid groups (broad SMARTS) is 1. The number of epoxide rings is 1. The van der Waals surface area contributed by atoms with E-state index in [1.165, 1.54) is 19.3 Å². The molecule has 0 bridgehead atoms. The van der Waals surface area contributed by atoms with E-state index in [4.69, 9.17) is 9.84 Å². The van der Waals surface area contributed by atoms with Crippen LogP contribution in [-0.2, 0) is 9.53 Å². The van der Waals surface area contributed by atoms with E-state index in [9.17, 15) is 9.90 Å². The first-order chi connectivity index (χ1) is 11.6. The van der Waals surface area contributed by atoms with Gasteiger partial charge in [-0.05, 0) is 38.5 Å². The zero-order valence-electron chi connectivity index (χ0n) is 14.8. The average Bonchev–Trinajstić information content (AvgIpc) is 3.30. The van der Waals surface area contributed by atoms with E-state index >= 15 is 0 Å². The van der Waals surface area contributed by atoms with Crippen LogP contribution in [0.4, 0.5) is 0 Å². The second-order valence-electron chi connectivity index (χ2n) is 6.29.